The number of hydrogen-bond acceptors (Lipinski definition) is 6. The molecular formula is C14H10Na3O9S3. The van der Waals surface area contributed by atoms with Crippen molar-refractivity contribution in [3.63, 3.8) is 0 Å². The molecule has 0 spiro atoms. The summed E-state index contributed by atoms with van der Waals surface area (Å²) in [7, 11) is -14.1. The zero-order valence-corrected chi connectivity index (χ0v) is 24.0. The summed E-state index contributed by atoms with van der Waals surface area (Å²) in [4.78, 5) is -1.91. The van der Waals surface area contributed by atoms with Crippen molar-refractivity contribution in [3.8, 4) is 0 Å². The Morgan fingerprint density at radius 2 is 1.03 bits per heavy atom. The molecule has 0 aliphatic carbocycles. The SMILES string of the molecule is O=S(=O)(O)c1ccc2cc3c(S(=O)(=O)O)cc(S(=O)(=O)O)cc3cc2c1.[Na].[Na].[Na]. The third kappa shape index (κ3) is 6.70. The molecule has 15 heteroatoms. The van der Waals surface area contributed by atoms with E-state index in [2.05, 4.69) is 0 Å². The van der Waals surface area contributed by atoms with E-state index in [-0.39, 0.29) is 105 Å². The van der Waals surface area contributed by atoms with Gasteiger partial charge >= 0.3 is 0 Å². The molecule has 3 radical (unpaired) electrons. The van der Waals surface area contributed by atoms with Crippen LogP contribution in [0.25, 0.3) is 21.5 Å². The van der Waals surface area contributed by atoms with Gasteiger partial charge in [-0.05, 0) is 52.6 Å². The number of rotatable bonds is 3. The normalized spacial score (nSPS) is 12.0. The van der Waals surface area contributed by atoms with Gasteiger partial charge in [0.05, 0.1) is 9.79 Å². The average molecular weight is 487 g/mol. The third-order valence-electron chi connectivity index (χ3n) is 3.69. The molecule has 0 heterocycles. The first-order valence-corrected chi connectivity index (χ1v) is 11.0. The molecule has 3 rings (SSSR count). The molecule has 0 fully saturated rings. The Labute approximate surface area is 233 Å². The first-order chi connectivity index (χ1) is 11.8. The Hall–Kier alpha value is 0.910. The van der Waals surface area contributed by atoms with E-state index in [0.717, 1.165) is 18.2 Å². The van der Waals surface area contributed by atoms with Crippen LogP contribution in [0.3, 0.4) is 0 Å². The second kappa shape index (κ2) is 10.2. The zero-order valence-electron chi connectivity index (χ0n) is 15.6. The molecule has 0 aliphatic heterocycles. The molecule has 0 aliphatic rings. The Balaban J connectivity index is 0.00000261. The molecule has 0 saturated heterocycles. The van der Waals surface area contributed by atoms with E-state index in [0.29, 0.717) is 11.5 Å². The van der Waals surface area contributed by atoms with Gasteiger partial charge < -0.3 is 0 Å². The second-order valence-electron chi connectivity index (χ2n) is 5.43. The van der Waals surface area contributed by atoms with E-state index in [4.69, 9.17) is 4.55 Å². The summed E-state index contributed by atoms with van der Waals surface area (Å²) < 4.78 is 96.1. The summed E-state index contributed by atoms with van der Waals surface area (Å²) in [6, 6.07) is 7.67. The number of benzene rings is 3. The smallest absolute Gasteiger partial charge is 0.282 e. The van der Waals surface area contributed by atoms with E-state index in [1.807, 2.05) is 0 Å². The molecule has 0 saturated carbocycles. The van der Waals surface area contributed by atoms with Crippen LogP contribution in [0.4, 0.5) is 0 Å². The van der Waals surface area contributed by atoms with E-state index in [1.165, 1.54) is 18.2 Å². The molecule has 29 heavy (non-hydrogen) atoms. The van der Waals surface area contributed by atoms with Crippen LogP contribution in [0.5, 0.6) is 0 Å². The minimum atomic E-state index is -4.82. The maximum atomic E-state index is 11.6. The summed E-state index contributed by atoms with van der Waals surface area (Å²) >= 11 is 0. The summed E-state index contributed by atoms with van der Waals surface area (Å²) in [6.45, 7) is 0. The molecule has 0 unspecified atom stereocenters. The van der Waals surface area contributed by atoms with Crippen LogP contribution in [0, 0.1) is 0 Å². The maximum Gasteiger partial charge on any atom is 0.295 e. The van der Waals surface area contributed by atoms with Gasteiger partial charge in [-0.15, -0.1) is 0 Å². The molecule has 3 aromatic carbocycles. The van der Waals surface area contributed by atoms with Gasteiger partial charge in [-0.25, -0.2) is 0 Å². The Morgan fingerprint density at radius 3 is 1.52 bits per heavy atom. The standard InChI is InChI=1S/C14H10O9S3.3Na/c15-24(16,17)11-2-1-8-6-13-10(3-9(8)4-11)5-12(25(18,19)20)7-14(13)26(21,22)23;;;/h1-7H,(H,15,16,17)(H,18,19,20)(H,21,22,23);;;. The molecule has 3 N–H and O–H groups in total. The average Bonchev–Trinajstić information content (AvgIpc) is 2.48. The Morgan fingerprint density at radius 1 is 0.517 bits per heavy atom. The summed E-state index contributed by atoms with van der Waals surface area (Å²) in [5.41, 5.74) is 0. The van der Waals surface area contributed by atoms with Gasteiger partial charge in [0.15, 0.2) is 0 Å². The quantitative estimate of drug-likeness (QED) is 0.273. The van der Waals surface area contributed by atoms with Gasteiger partial charge in [0.1, 0.15) is 4.90 Å². The van der Waals surface area contributed by atoms with E-state index >= 15 is 0 Å². The summed E-state index contributed by atoms with van der Waals surface area (Å²) in [5.74, 6) is 0. The Kier molecular flexibility index (Phi) is 10.6. The molecule has 0 aromatic heterocycles. The number of hydrogen-bond donors (Lipinski definition) is 3. The van der Waals surface area contributed by atoms with Crippen molar-refractivity contribution in [2.75, 3.05) is 0 Å². The van der Waals surface area contributed by atoms with Crippen LogP contribution in [0.1, 0.15) is 0 Å². The van der Waals surface area contributed by atoms with Crippen molar-refractivity contribution < 1.29 is 38.9 Å². The molecule has 9 nitrogen and oxygen atoms in total. The monoisotopic (exact) mass is 487 g/mol. The fourth-order valence-corrected chi connectivity index (χ4v) is 4.41. The zero-order chi connectivity index (χ0) is 19.5. The van der Waals surface area contributed by atoms with E-state index in [1.54, 1.807) is 0 Å². The third-order valence-corrected chi connectivity index (χ3v) is 6.26. The molecule has 0 amide bonds. The van der Waals surface area contributed by atoms with Crippen LogP contribution in [0.2, 0.25) is 0 Å². The first-order valence-electron chi connectivity index (χ1n) is 6.71. The van der Waals surface area contributed by atoms with Crippen LogP contribution in [-0.4, -0.2) is 128 Å². The van der Waals surface area contributed by atoms with Crippen molar-refractivity contribution in [1.82, 2.24) is 0 Å². The van der Waals surface area contributed by atoms with Gasteiger partial charge in [0, 0.05) is 94.1 Å². The summed E-state index contributed by atoms with van der Waals surface area (Å²) in [6.07, 6.45) is 0. The van der Waals surface area contributed by atoms with Crippen LogP contribution in [-0.2, 0) is 30.4 Å². The van der Waals surface area contributed by atoms with Crippen LogP contribution < -0.4 is 0 Å². The van der Waals surface area contributed by atoms with Crippen molar-refractivity contribution in [2.45, 2.75) is 14.7 Å². The van der Waals surface area contributed by atoms with Gasteiger partial charge in [-0.2, -0.15) is 25.3 Å². The first kappa shape index (κ1) is 29.9. The van der Waals surface area contributed by atoms with Gasteiger partial charge in [-0.1, -0.05) is 6.07 Å². The Bertz CT molecular complexity index is 1400. The molecule has 0 atom stereocenters. The van der Waals surface area contributed by atoms with Crippen LogP contribution >= 0.6 is 0 Å². The topological polar surface area (TPSA) is 163 Å². The predicted octanol–water partition coefficient (Wildman–Crippen LogP) is 0.591. The summed E-state index contributed by atoms with van der Waals surface area (Å²) in [5, 5.41) is 0.593. The number of fused-ring (bicyclic) bond motifs is 2. The predicted molar refractivity (Wildman–Crippen MR) is 108 cm³/mol. The minimum absolute atomic E-state index is 0. The largest absolute Gasteiger partial charge is 0.295 e. The van der Waals surface area contributed by atoms with Crippen molar-refractivity contribution in [1.29, 1.82) is 0 Å². The van der Waals surface area contributed by atoms with E-state index in [9.17, 15) is 34.4 Å². The van der Waals surface area contributed by atoms with Gasteiger partial charge in [0.25, 0.3) is 30.4 Å². The molecule has 3 aromatic rings. The molecule has 0 bridgehead atoms. The van der Waals surface area contributed by atoms with Crippen molar-refractivity contribution >= 4 is 141 Å². The fraction of sp³-hybridized carbons (Fsp3) is 0. The molecule has 141 valence electrons. The minimum Gasteiger partial charge on any atom is -0.282 e. The van der Waals surface area contributed by atoms with E-state index < -0.39 is 45.0 Å². The maximum absolute atomic E-state index is 11.6. The van der Waals surface area contributed by atoms with Crippen LogP contribution in [0.15, 0.2) is 57.2 Å². The van der Waals surface area contributed by atoms with Gasteiger partial charge in [-0.3, -0.25) is 13.7 Å². The van der Waals surface area contributed by atoms with Crippen molar-refractivity contribution in [2.24, 2.45) is 0 Å². The van der Waals surface area contributed by atoms with Gasteiger partial charge in [0.2, 0.25) is 0 Å². The fourth-order valence-electron chi connectivity index (χ4n) is 2.55. The second-order valence-corrected chi connectivity index (χ2v) is 9.66. The van der Waals surface area contributed by atoms with Crippen molar-refractivity contribution in [3.05, 3.63) is 42.5 Å². The molecular weight excluding hydrogens is 477 g/mol.